The van der Waals surface area contributed by atoms with Gasteiger partial charge in [-0.3, -0.25) is 9.59 Å². The molecule has 1 unspecified atom stereocenters. The Morgan fingerprint density at radius 3 is 2.33 bits per heavy atom. The minimum Gasteiger partial charge on any atom is -0.481 e. The van der Waals surface area contributed by atoms with E-state index in [4.69, 9.17) is 0 Å². The average Bonchev–Trinajstić information content (AvgIpc) is 3.10. The lowest BCUT2D eigenvalue weighted by molar-refractivity contribution is -0.217. The smallest absolute Gasteiger partial charge is 0.303 e. The Morgan fingerprint density at radius 1 is 1.00 bits per heavy atom. The largest absolute Gasteiger partial charge is 0.481 e. The van der Waals surface area contributed by atoms with Crippen LogP contribution in [0.4, 0.5) is 0 Å². The van der Waals surface area contributed by atoms with Crippen LogP contribution in [0, 0.1) is 46.3 Å². The number of carboxylic acids is 1. The molecule has 4 saturated carbocycles. The molecule has 4 rings (SSSR count). The number of carbonyl (C=O) groups excluding carboxylic acids is 1. The molecule has 5 nitrogen and oxygen atoms in total. The number of aliphatic hydroxyl groups is 2. The molecule has 0 aliphatic heterocycles. The topological polar surface area (TPSA) is 94.8 Å². The maximum Gasteiger partial charge on any atom is 0.303 e. The second-order valence-electron chi connectivity index (χ2n) is 12.8. The van der Waals surface area contributed by atoms with Gasteiger partial charge in [-0.25, -0.2) is 0 Å². The van der Waals surface area contributed by atoms with Crippen LogP contribution < -0.4 is 0 Å². The van der Waals surface area contributed by atoms with E-state index in [1.54, 1.807) is 0 Å². The maximum atomic E-state index is 13.5. The lowest BCUT2D eigenvalue weighted by Crippen LogP contribution is -2.66. The first-order valence-corrected chi connectivity index (χ1v) is 13.6. The Bertz CT molecular complexity index is 765. The highest BCUT2D eigenvalue weighted by atomic mass is 16.4. The van der Waals surface area contributed by atoms with Gasteiger partial charge >= 0.3 is 5.97 Å². The number of aliphatic carboxylic acids is 1. The summed E-state index contributed by atoms with van der Waals surface area (Å²) in [7, 11) is 0. The van der Waals surface area contributed by atoms with Gasteiger partial charge in [0.2, 0.25) is 0 Å². The van der Waals surface area contributed by atoms with Crippen molar-refractivity contribution in [3.05, 3.63) is 0 Å². The van der Waals surface area contributed by atoms with Gasteiger partial charge < -0.3 is 15.3 Å². The summed E-state index contributed by atoms with van der Waals surface area (Å²) < 4.78 is 0. The second-order valence-corrected chi connectivity index (χ2v) is 12.8. The van der Waals surface area contributed by atoms with Gasteiger partial charge in [0.25, 0.3) is 0 Å². The summed E-state index contributed by atoms with van der Waals surface area (Å²) in [5.74, 6) is 0.901. The predicted octanol–water partition coefficient (Wildman–Crippen LogP) is 5.22. The van der Waals surface area contributed by atoms with Gasteiger partial charge in [-0.15, -0.1) is 0 Å². The lowest BCUT2D eigenvalue weighted by Gasteiger charge is -2.65. The molecule has 0 aromatic rings. The van der Waals surface area contributed by atoms with Gasteiger partial charge in [0.1, 0.15) is 5.60 Å². The Labute approximate surface area is 199 Å². The van der Waals surface area contributed by atoms with E-state index in [2.05, 4.69) is 20.8 Å². The summed E-state index contributed by atoms with van der Waals surface area (Å²) in [6, 6.07) is 0. The van der Waals surface area contributed by atoms with Gasteiger partial charge in [-0.05, 0) is 105 Å². The van der Waals surface area contributed by atoms with Crippen LogP contribution in [-0.2, 0) is 9.59 Å². The summed E-state index contributed by atoms with van der Waals surface area (Å²) in [6.45, 7) is 8.99. The minimum atomic E-state index is -1.28. The van der Waals surface area contributed by atoms with E-state index in [9.17, 15) is 24.9 Å². The van der Waals surface area contributed by atoms with Crippen molar-refractivity contribution < 1.29 is 24.9 Å². The highest BCUT2D eigenvalue weighted by Gasteiger charge is 2.68. The first-order valence-electron chi connectivity index (χ1n) is 13.6. The van der Waals surface area contributed by atoms with Crippen molar-refractivity contribution in [2.45, 2.75) is 116 Å². The standard InChI is InChI=1S/C28H46O5/c1-5-6-23(30)28(33)16-18-15-19(29)11-13-26(18,3)22-12-14-27(4)20(8-9-21(27)25(22)28)17(2)7-10-24(31)32/h17-22,25,29,33H,5-16H2,1-4H3,(H,31,32)/t17-,18?,19+,20-,21+,22+,25+,26+,27-,28-/m1/s1. The van der Waals surface area contributed by atoms with Crippen LogP contribution >= 0.6 is 0 Å². The van der Waals surface area contributed by atoms with E-state index >= 15 is 0 Å². The van der Waals surface area contributed by atoms with Crippen LogP contribution in [0.5, 0.6) is 0 Å². The van der Waals surface area contributed by atoms with Crippen LogP contribution in [0.25, 0.3) is 0 Å². The molecular weight excluding hydrogens is 416 g/mol. The van der Waals surface area contributed by atoms with Crippen molar-refractivity contribution in [2.75, 3.05) is 0 Å². The zero-order valence-corrected chi connectivity index (χ0v) is 21.2. The van der Waals surface area contributed by atoms with Crippen molar-refractivity contribution in [1.29, 1.82) is 0 Å². The highest BCUT2D eigenvalue weighted by molar-refractivity contribution is 5.87. The molecule has 3 N–H and O–H groups in total. The lowest BCUT2D eigenvalue weighted by atomic mass is 9.40. The number of fused-ring (bicyclic) bond motifs is 5. The fourth-order valence-corrected chi connectivity index (χ4v) is 9.53. The molecule has 188 valence electrons. The minimum absolute atomic E-state index is 0.0107. The van der Waals surface area contributed by atoms with E-state index in [0.29, 0.717) is 49.4 Å². The van der Waals surface area contributed by atoms with Crippen molar-refractivity contribution in [3.63, 3.8) is 0 Å². The van der Waals surface area contributed by atoms with Gasteiger partial charge in [0.05, 0.1) is 6.10 Å². The first kappa shape index (κ1) is 25.2. The van der Waals surface area contributed by atoms with Crippen molar-refractivity contribution in [2.24, 2.45) is 46.3 Å². The molecule has 10 atom stereocenters. The fourth-order valence-electron chi connectivity index (χ4n) is 9.53. The number of rotatable bonds is 7. The quantitative estimate of drug-likeness (QED) is 0.482. The Hall–Kier alpha value is -0.940. The van der Waals surface area contributed by atoms with Crippen LogP contribution in [0.15, 0.2) is 0 Å². The monoisotopic (exact) mass is 462 g/mol. The summed E-state index contributed by atoms with van der Waals surface area (Å²) >= 11 is 0. The molecule has 0 spiro atoms. The number of hydrogen-bond donors (Lipinski definition) is 3. The SMILES string of the molecule is CCCC(=O)[C@]1(O)CC2C[C@@H](O)CC[C@]2(C)[C@H]2CC[C@]3(C)[C@@H]([C@H](C)CCC(=O)O)CC[C@H]3[C@@H]21. The zero-order valence-electron chi connectivity index (χ0n) is 21.2. The van der Waals surface area contributed by atoms with E-state index in [1.165, 1.54) is 0 Å². The molecule has 0 radical (unpaired) electrons. The number of hydrogen-bond acceptors (Lipinski definition) is 4. The van der Waals surface area contributed by atoms with Crippen molar-refractivity contribution in [3.8, 4) is 0 Å². The number of carbonyl (C=O) groups is 2. The molecule has 5 heteroatoms. The Balaban J connectivity index is 1.69. The van der Waals surface area contributed by atoms with Crippen LogP contribution in [0.3, 0.4) is 0 Å². The molecule has 0 aromatic heterocycles. The molecule has 4 aliphatic carbocycles. The molecule has 0 bridgehead atoms. The Kier molecular flexibility index (Phi) is 6.81. The van der Waals surface area contributed by atoms with E-state index in [1.807, 2.05) is 6.92 Å². The molecule has 0 saturated heterocycles. The normalized spacial score (nSPS) is 47.8. The Morgan fingerprint density at radius 2 is 1.67 bits per heavy atom. The van der Waals surface area contributed by atoms with Gasteiger partial charge in [-0.2, -0.15) is 0 Å². The summed E-state index contributed by atoms with van der Waals surface area (Å²) in [6.07, 6.45) is 9.04. The zero-order chi connectivity index (χ0) is 24.2. The van der Waals surface area contributed by atoms with Crippen molar-refractivity contribution >= 4 is 11.8 Å². The summed E-state index contributed by atoms with van der Waals surface area (Å²) in [5.41, 5.74) is -1.15. The van der Waals surface area contributed by atoms with E-state index < -0.39 is 11.6 Å². The molecular formula is C28H46O5. The third-order valence-corrected chi connectivity index (χ3v) is 11.3. The molecule has 0 heterocycles. The third-order valence-electron chi connectivity index (χ3n) is 11.3. The third kappa shape index (κ3) is 3.99. The molecule has 33 heavy (non-hydrogen) atoms. The van der Waals surface area contributed by atoms with Crippen LogP contribution in [0.2, 0.25) is 0 Å². The van der Waals surface area contributed by atoms with Gasteiger partial charge in [-0.1, -0.05) is 27.7 Å². The number of ketones is 1. The predicted molar refractivity (Wildman–Crippen MR) is 128 cm³/mol. The highest BCUT2D eigenvalue weighted by Crippen LogP contribution is 2.70. The maximum absolute atomic E-state index is 13.5. The second kappa shape index (κ2) is 8.93. The molecule has 0 aromatic carbocycles. The van der Waals surface area contributed by atoms with Crippen molar-refractivity contribution in [1.82, 2.24) is 0 Å². The average molecular weight is 463 g/mol. The fraction of sp³-hybridized carbons (Fsp3) is 0.929. The van der Waals surface area contributed by atoms with Crippen LogP contribution in [-0.4, -0.2) is 38.8 Å². The summed E-state index contributed by atoms with van der Waals surface area (Å²) in [5, 5.41) is 31.9. The first-order chi connectivity index (χ1) is 15.5. The molecule has 4 fully saturated rings. The number of carboxylic acid groups (broad SMARTS) is 1. The van der Waals surface area contributed by atoms with Gasteiger partial charge in [0, 0.05) is 18.8 Å². The molecule has 4 aliphatic rings. The van der Waals surface area contributed by atoms with Crippen LogP contribution in [0.1, 0.15) is 105 Å². The van der Waals surface area contributed by atoms with E-state index in [-0.39, 0.29) is 41.0 Å². The van der Waals surface area contributed by atoms with Gasteiger partial charge in [0.15, 0.2) is 5.78 Å². The number of Topliss-reactive ketones (excluding diaryl/α,β-unsaturated/α-hetero) is 1. The molecule has 0 amide bonds. The van der Waals surface area contributed by atoms with E-state index in [0.717, 1.165) is 44.9 Å². The number of aliphatic hydroxyl groups excluding tert-OH is 1. The summed E-state index contributed by atoms with van der Waals surface area (Å²) in [4.78, 5) is 24.7.